The van der Waals surface area contributed by atoms with Gasteiger partial charge in [0.2, 0.25) is 5.88 Å². The summed E-state index contributed by atoms with van der Waals surface area (Å²) in [5.41, 5.74) is -0.800. The zero-order chi connectivity index (χ0) is 19.3. The first-order valence-corrected chi connectivity index (χ1v) is 8.65. The molecule has 148 valence electrons. The number of aliphatic imine (C=N–C) groups is 1. The van der Waals surface area contributed by atoms with Crippen LogP contribution in [0, 0.1) is 0 Å². The molecule has 0 atom stereocenters. The van der Waals surface area contributed by atoms with Crippen LogP contribution < -0.4 is 15.4 Å². The summed E-state index contributed by atoms with van der Waals surface area (Å²) in [5, 5.41) is 6.20. The fourth-order valence-electron chi connectivity index (χ4n) is 1.91. The zero-order valence-corrected chi connectivity index (χ0v) is 15.2. The molecule has 26 heavy (non-hydrogen) atoms. The molecule has 1 aromatic rings. The Morgan fingerprint density at radius 3 is 2.46 bits per heavy atom. The lowest BCUT2D eigenvalue weighted by Gasteiger charge is -2.12. The first-order valence-electron chi connectivity index (χ1n) is 8.65. The van der Waals surface area contributed by atoms with E-state index in [1.807, 2.05) is 0 Å². The van der Waals surface area contributed by atoms with Crippen molar-refractivity contribution in [2.24, 2.45) is 4.99 Å². The summed E-state index contributed by atoms with van der Waals surface area (Å²) in [6, 6.07) is 2.15. The van der Waals surface area contributed by atoms with E-state index in [-0.39, 0.29) is 12.5 Å². The van der Waals surface area contributed by atoms with Crippen LogP contribution >= 0.6 is 0 Å². The van der Waals surface area contributed by atoms with Crippen molar-refractivity contribution >= 4 is 5.96 Å². The SMILES string of the molecule is CCCCOCCCNC(=NC)NCCOc1ccc(C(F)(F)F)cn1. The van der Waals surface area contributed by atoms with Crippen LogP contribution in [0.4, 0.5) is 13.2 Å². The molecule has 0 radical (unpaired) electrons. The summed E-state index contributed by atoms with van der Waals surface area (Å²) < 4.78 is 48.1. The Kier molecular flexibility index (Phi) is 10.5. The number of aromatic nitrogens is 1. The van der Waals surface area contributed by atoms with Gasteiger partial charge in [-0.25, -0.2) is 4.98 Å². The number of hydrogen-bond donors (Lipinski definition) is 2. The Balaban J connectivity index is 2.15. The Labute approximate surface area is 152 Å². The molecule has 2 N–H and O–H groups in total. The number of alkyl halides is 3. The maximum atomic E-state index is 12.4. The highest BCUT2D eigenvalue weighted by Gasteiger charge is 2.30. The Hall–Kier alpha value is -2.03. The molecule has 1 heterocycles. The van der Waals surface area contributed by atoms with Crippen molar-refractivity contribution < 1.29 is 22.6 Å². The highest BCUT2D eigenvalue weighted by molar-refractivity contribution is 5.79. The molecule has 0 unspecified atom stereocenters. The van der Waals surface area contributed by atoms with Gasteiger partial charge in [-0.15, -0.1) is 0 Å². The van der Waals surface area contributed by atoms with E-state index < -0.39 is 11.7 Å². The highest BCUT2D eigenvalue weighted by atomic mass is 19.4. The average Bonchev–Trinajstić information content (AvgIpc) is 2.62. The van der Waals surface area contributed by atoms with Gasteiger partial charge < -0.3 is 20.1 Å². The molecule has 0 aliphatic rings. The zero-order valence-electron chi connectivity index (χ0n) is 15.2. The number of pyridine rings is 1. The quantitative estimate of drug-likeness (QED) is 0.353. The normalized spacial score (nSPS) is 12.1. The third-order valence-corrected chi connectivity index (χ3v) is 3.33. The van der Waals surface area contributed by atoms with Gasteiger partial charge in [0.05, 0.1) is 12.1 Å². The average molecular weight is 376 g/mol. The molecule has 1 rings (SSSR count). The first kappa shape index (κ1) is 22.0. The van der Waals surface area contributed by atoms with Crippen LogP contribution in [0.1, 0.15) is 31.7 Å². The second-order valence-electron chi connectivity index (χ2n) is 5.48. The smallest absolute Gasteiger partial charge is 0.417 e. The highest BCUT2D eigenvalue weighted by Crippen LogP contribution is 2.29. The topological polar surface area (TPSA) is 67.8 Å². The lowest BCUT2D eigenvalue weighted by Crippen LogP contribution is -2.39. The van der Waals surface area contributed by atoms with Gasteiger partial charge in [0.1, 0.15) is 6.61 Å². The van der Waals surface area contributed by atoms with Crippen molar-refractivity contribution in [3.63, 3.8) is 0 Å². The Bertz CT molecular complexity index is 522. The summed E-state index contributed by atoms with van der Waals surface area (Å²) in [7, 11) is 1.66. The molecular formula is C17H27F3N4O2. The minimum absolute atomic E-state index is 0.145. The van der Waals surface area contributed by atoms with Crippen molar-refractivity contribution in [3.05, 3.63) is 23.9 Å². The van der Waals surface area contributed by atoms with Crippen LogP contribution in [-0.4, -0.2) is 50.9 Å². The maximum absolute atomic E-state index is 12.4. The molecular weight excluding hydrogens is 349 g/mol. The lowest BCUT2D eigenvalue weighted by molar-refractivity contribution is -0.137. The van der Waals surface area contributed by atoms with Crippen molar-refractivity contribution in [2.75, 3.05) is 40.0 Å². The van der Waals surface area contributed by atoms with Crippen LogP contribution in [-0.2, 0) is 10.9 Å². The number of ether oxygens (including phenoxy) is 2. The van der Waals surface area contributed by atoms with Crippen LogP contribution in [0.25, 0.3) is 0 Å². The minimum atomic E-state index is -4.40. The second kappa shape index (κ2) is 12.3. The van der Waals surface area contributed by atoms with Crippen molar-refractivity contribution in [2.45, 2.75) is 32.4 Å². The van der Waals surface area contributed by atoms with Gasteiger partial charge in [-0.3, -0.25) is 4.99 Å². The molecule has 0 bridgehead atoms. The summed E-state index contributed by atoms with van der Waals surface area (Å²) in [5.74, 6) is 0.773. The van der Waals surface area contributed by atoms with E-state index in [1.165, 1.54) is 6.07 Å². The molecule has 0 aliphatic heterocycles. The molecule has 0 amide bonds. The monoisotopic (exact) mass is 376 g/mol. The first-order chi connectivity index (χ1) is 12.5. The number of hydrogen-bond acceptors (Lipinski definition) is 4. The minimum Gasteiger partial charge on any atom is -0.476 e. The Morgan fingerprint density at radius 2 is 1.85 bits per heavy atom. The van der Waals surface area contributed by atoms with Crippen LogP contribution in [0.2, 0.25) is 0 Å². The van der Waals surface area contributed by atoms with E-state index in [2.05, 4.69) is 27.5 Å². The van der Waals surface area contributed by atoms with Gasteiger partial charge >= 0.3 is 6.18 Å². The van der Waals surface area contributed by atoms with Crippen molar-refractivity contribution in [3.8, 4) is 5.88 Å². The molecule has 0 aliphatic carbocycles. The molecule has 0 spiro atoms. The number of guanidine groups is 1. The number of unbranched alkanes of at least 4 members (excludes halogenated alkanes) is 1. The Morgan fingerprint density at radius 1 is 1.12 bits per heavy atom. The van der Waals surface area contributed by atoms with Crippen molar-refractivity contribution in [1.82, 2.24) is 15.6 Å². The molecule has 0 saturated carbocycles. The van der Waals surface area contributed by atoms with E-state index in [1.54, 1.807) is 7.05 Å². The van der Waals surface area contributed by atoms with Crippen LogP contribution in [0.15, 0.2) is 23.3 Å². The number of rotatable bonds is 11. The van der Waals surface area contributed by atoms with E-state index in [0.29, 0.717) is 19.1 Å². The molecule has 1 aromatic heterocycles. The van der Waals surface area contributed by atoms with E-state index in [0.717, 1.165) is 44.7 Å². The summed E-state index contributed by atoms with van der Waals surface area (Å²) in [6.45, 7) is 5.03. The van der Waals surface area contributed by atoms with E-state index >= 15 is 0 Å². The summed E-state index contributed by atoms with van der Waals surface area (Å²) in [4.78, 5) is 7.72. The number of nitrogens with one attached hydrogen (secondary N) is 2. The lowest BCUT2D eigenvalue weighted by atomic mass is 10.3. The molecule has 0 saturated heterocycles. The summed E-state index contributed by atoms with van der Waals surface area (Å²) in [6.07, 6.45) is -0.572. The number of nitrogens with zero attached hydrogens (tertiary/aromatic N) is 2. The third kappa shape index (κ3) is 9.45. The standard InChI is InChI=1S/C17H27F3N4O2/c1-3-4-10-25-11-5-8-22-16(21-2)23-9-12-26-15-7-6-14(13-24-15)17(18,19)20/h6-7,13H,3-5,8-12H2,1-2H3,(H2,21,22,23). The largest absolute Gasteiger partial charge is 0.476 e. The predicted octanol–water partition coefficient (Wildman–Crippen LogP) is 2.85. The van der Waals surface area contributed by atoms with E-state index in [4.69, 9.17) is 9.47 Å². The van der Waals surface area contributed by atoms with Gasteiger partial charge in [-0.2, -0.15) is 13.2 Å². The number of halogens is 3. The fraction of sp³-hybridized carbons (Fsp3) is 0.647. The van der Waals surface area contributed by atoms with Crippen LogP contribution in [0.5, 0.6) is 5.88 Å². The fourth-order valence-corrected chi connectivity index (χ4v) is 1.91. The van der Waals surface area contributed by atoms with Gasteiger partial charge in [-0.05, 0) is 18.9 Å². The van der Waals surface area contributed by atoms with Gasteiger partial charge in [-0.1, -0.05) is 13.3 Å². The maximum Gasteiger partial charge on any atom is 0.417 e. The van der Waals surface area contributed by atoms with Gasteiger partial charge in [0, 0.05) is 39.1 Å². The summed E-state index contributed by atoms with van der Waals surface area (Å²) >= 11 is 0. The van der Waals surface area contributed by atoms with Crippen molar-refractivity contribution in [1.29, 1.82) is 0 Å². The molecule has 0 aromatic carbocycles. The molecule has 6 nitrogen and oxygen atoms in total. The second-order valence-corrected chi connectivity index (χ2v) is 5.48. The predicted molar refractivity (Wildman–Crippen MR) is 94.4 cm³/mol. The van der Waals surface area contributed by atoms with E-state index in [9.17, 15) is 13.2 Å². The molecule has 0 fully saturated rings. The molecule has 9 heteroatoms. The third-order valence-electron chi connectivity index (χ3n) is 3.33. The van der Waals surface area contributed by atoms with Gasteiger partial charge in [0.25, 0.3) is 0 Å². The van der Waals surface area contributed by atoms with Crippen LogP contribution in [0.3, 0.4) is 0 Å². The van der Waals surface area contributed by atoms with Gasteiger partial charge in [0.15, 0.2) is 5.96 Å².